The molecule has 20 heavy (non-hydrogen) atoms. The summed E-state index contributed by atoms with van der Waals surface area (Å²) in [6, 6.07) is 10.3. The summed E-state index contributed by atoms with van der Waals surface area (Å²) in [6.07, 6.45) is 1.04. The summed E-state index contributed by atoms with van der Waals surface area (Å²) in [7, 11) is -3.41. The molecule has 1 aromatic carbocycles. The minimum atomic E-state index is -3.41. The van der Waals surface area contributed by atoms with E-state index >= 15 is 0 Å². The van der Waals surface area contributed by atoms with E-state index in [1.165, 1.54) is 5.56 Å². The molecule has 1 atom stereocenters. The molecule has 6 heteroatoms. The molecule has 0 saturated carbocycles. The SMILES string of the molecule is C=CC(N)S(=O)(=O)CCCC(=O)O.Cc1ccccc1. The third kappa shape index (κ3) is 8.44. The van der Waals surface area contributed by atoms with Crippen LogP contribution < -0.4 is 5.73 Å². The Morgan fingerprint density at radius 3 is 2.30 bits per heavy atom. The van der Waals surface area contributed by atoms with Crippen molar-refractivity contribution in [2.45, 2.75) is 25.1 Å². The van der Waals surface area contributed by atoms with Crippen LogP contribution in [-0.2, 0) is 14.6 Å². The molecule has 0 aliphatic carbocycles. The van der Waals surface area contributed by atoms with Crippen molar-refractivity contribution >= 4 is 15.8 Å². The lowest BCUT2D eigenvalue weighted by Crippen LogP contribution is -2.30. The first-order valence-corrected chi connectivity index (χ1v) is 7.84. The average molecular weight is 299 g/mol. The van der Waals surface area contributed by atoms with Crippen LogP contribution in [0.1, 0.15) is 18.4 Å². The number of sulfone groups is 1. The van der Waals surface area contributed by atoms with Crippen LogP contribution >= 0.6 is 0 Å². The second-order valence-electron chi connectivity index (χ2n) is 4.22. The van der Waals surface area contributed by atoms with Crippen LogP contribution in [0.2, 0.25) is 0 Å². The number of aryl methyl sites for hydroxylation is 1. The zero-order valence-electron chi connectivity index (χ0n) is 11.5. The summed E-state index contributed by atoms with van der Waals surface area (Å²) in [4.78, 5) is 10.1. The third-order valence-corrected chi connectivity index (χ3v) is 4.29. The molecule has 0 fully saturated rings. The standard InChI is InChI=1S/C7H13NO4S.C7H8/c1-2-6(8)13(11,12)5-3-4-7(9)10;1-7-5-3-2-4-6-7/h2,6H,1,3-5,8H2,(H,9,10);2-6H,1H3. The molecule has 5 nitrogen and oxygen atoms in total. The summed E-state index contributed by atoms with van der Waals surface area (Å²) in [5.41, 5.74) is 6.54. The lowest BCUT2D eigenvalue weighted by Gasteiger charge is -2.06. The van der Waals surface area contributed by atoms with Gasteiger partial charge in [-0.1, -0.05) is 42.0 Å². The molecule has 1 unspecified atom stereocenters. The van der Waals surface area contributed by atoms with Crippen LogP contribution in [0.5, 0.6) is 0 Å². The summed E-state index contributed by atoms with van der Waals surface area (Å²) in [5, 5.41) is 7.16. The lowest BCUT2D eigenvalue weighted by molar-refractivity contribution is -0.137. The Morgan fingerprint density at radius 2 is 1.95 bits per heavy atom. The van der Waals surface area contributed by atoms with Crippen LogP contribution in [0.3, 0.4) is 0 Å². The Labute approximate surface area is 120 Å². The van der Waals surface area contributed by atoms with Crippen LogP contribution in [0.15, 0.2) is 43.0 Å². The van der Waals surface area contributed by atoms with E-state index in [2.05, 4.69) is 25.6 Å². The van der Waals surface area contributed by atoms with E-state index in [4.69, 9.17) is 10.8 Å². The average Bonchev–Trinajstić information content (AvgIpc) is 2.38. The van der Waals surface area contributed by atoms with Gasteiger partial charge in [0.15, 0.2) is 9.84 Å². The smallest absolute Gasteiger partial charge is 0.303 e. The molecule has 0 bridgehead atoms. The van der Waals surface area contributed by atoms with Gasteiger partial charge in [0.25, 0.3) is 0 Å². The molecule has 0 aliphatic rings. The van der Waals surface area contributed by atoms with Crippen molar-refractivity contribution < 1.29 is 18.3 Å². The van der Waals surface area contributed by atoms with Crippen molar-refractivity contribution in [3.8, 4) is 0 Å². The molecule has 112 valence electrons. The fraction of sp³-hybridized carbons (Fsp3) is 0.357. The fourth-order valence-electron chi connectivity index (χ4n) is 1.24. The van der Waals surface area contributed by atoms with Crippen molar-refractivity contribution in [3.63, 3.8) is 0 Å². The quantitative estimate of drug-likeness (QED) is 0.780. The maximum atomic E-state index is 11.2. The number of nitrogens with two attached hydrogens (primary N) is 1. The molecule has 0 aliphatic heterocycles. The Bertz CT molecular complexity index is 511. The highest BCUT2D eigenvalue weighted by Gasteiger charge is 2.17. The van der Waals surface area contributed by atoms with Gasteiger partial charge in [-0.05, 0) is 13.3 Å². The molecule has 0 heterocycles. The number of carbonyl (C=O) groups is 1. The largest absolute Gasteiger partial charge is 0.481 e. The number of hydrogen-bond donors (Lipinski definition) is 2. The van der Waals surface area contributed by atoms with Crippen molar-refractivity contribution in [1.29, 1.82) is 0 Å². The van der Waals surface area contributed by atoms with Gasteiger partial charge in [0.05, 0.1) is 5.75 Å². The van der Waals surface area contributed by atoms with E-state index in [1.54, 1.807) is 0 Å². The minimum Gasteiger partial charge on any atom is -0.481 e. The van der Waals surface area contributed by atoms with Gasteiger partial charge in [-0.15, -0.1) is 6.58 Å². The highest BCUT2D eigenvalue weighted by atomic mass is 32.2. The van der Waals surface area contributed by atoms with E-state index in [1.807, 2.05) is 18.2 Å². The highest BCUT2D eigenvalue weighted by Crippen LogP contribution is 2.02. The Balaban J connectivity index is 0.000000428. The maximum absolute atomic E-state index is 11.2. The second kappa shape index (κ2) is 9.28. The first kappa shape index (κ1) is 18.3. The monoisotopic (exact) mass is 299 g/mol. The molecule has 0 amide bonds. The predicted molar refractivity (Wildman–Crippen MR) is 80.0 cm³/mol. The summed E-state index contributed by atoms with van der Waals surface area (Å²) >= 11 is 0. The van der Waals surface area contributed by atoms with Gasteiger partial charge >= 0.3 is 5.97 Å². The molecule has 3 N–H and O–H groups in total. The highest BCUT2D eigenvalue weighted by molar-refractivity contribution is 7.92. The second-order valence-corrected chi connectivity index (χ2v) is 6.50. The van der Waals surface area contributed by atoms with E-state index in [-0.39, 0.29) is 18.6 Å². The zero-order chi connectivity index (χ0) is 15.6. The Morgan fingerprint density at radius 1 is 1.40 bits per heavy atom. The molecule has 0 radical (unpaired) electrons. The van der Waals surface area contributed by atoms with Crippen molar-refractivity contribution in [2.24, 2.45) is 5.73 Å². The van der Waals surface area contributed by atoms with Crippen LogP contribution in [0.4, 0.5) is 0 Å². The van der Waals surface area contributed by atoms with Crippen molar-refractivity contribution in [3.05, 3.63) is 48.6 Å². The molecule has 0 aromatic heterocycles. The number of rotatable bonds is 6. The van der Waals surface area contributed by atoms with Gasteiger partial charge in [0.2, 0.25) is 0 Å². The summed E-state index contributed by atoms with van der Waals surface area (Å²) in [6.45, 7) is 5.33. The van der Waals surface area contributed by atoms with Crippen LogP contribution in [-0.4, -0.2) is 30.6 Å². The van der Waals surface area contributed by atoms with Gasteiger partial charge in [0.1, 0.15) is 5.37 Å². The van der Waals surface area contributed by atoms with Gasteiger partial charge in [-0.3, -0.25) is 4.79 Å². The number of aliphatic carboxylic acids is 1. The Kier molecular flexibility index (Phi) is 8.51. The predicted octanol–water partition coefficient (Wildman–Crippen LogP) is 1.73. The van der Waals surface area contributed by atoms with Gasteiger partial charge < -0.3 is 10.8 Å². The van der Waals surface area contributed by atoms with E-state index in [0.717, 1.165) is 6.08 Å². The normalized spacial score (nSPS) is 11.9. The summed E-state index contributed by atoms with van der Waals surface area (Å²) < 4.78 is 22.3. The van der Waals surface area contributed by atoms with Gasteiger partial charge in [-0.25, -0.2) is 8.42 Å². The van der Waals surface area contributed by atoms with Crippen LogP contribution in [0.25, 0.3) is 0 Å². The number of carboxylic acid groups (broad SMARTS) is 1. The first-order chi connectivity index (χ1) is 9.29. The number of hydrogen-bond acceptors (Lipinski definition) is 4. The van der Waals surface area contributed by atoms with Crippen LogP contribution in [0, 0.1) is 6.92 Å². The van der Waals surface area contributed by atoms with Crippen molar-refractivity contribution in [1.82, 2.24) is 0 Å². The van der Waals surface area contributed by atoms with Crippen molar-refractivity contribution in [2.75, 3.05) is 5.75 Å². The maximum Gasteiger partial charge on any atom is 0.303 e. The number of benzene rings is 1. The zero-order valence-corrected chi connectivity index (χ0v) is 12.3. The number of carboxylic acids is 1. The molecule has 0 saturated heterocycles. The molecule has 1 rings (SSSR count). The Hall–Kier alpha value is -1.66. The molecular formula is C14H21NO4S. The topological polar surface area (TPSA) is 97.5 Å². The van der Waals surface area contributed by atoms with E-state index in [9.17, 15) is 13.2 Å². The fourth-order valence-corrected chi connectivity index (χ4v) is 2.35. The molecule has 0 spiro atoms. The van der Waals surface area contributed by atoms with E-state index < -0.39 is 21.2 Å². The minimum absolute atomic E-state index is 0.0825. The lowest BCUT2D eigenvalue weighted by atomic mass is 10.2. The molecule has 1 aromatic rings. The van der Waals surface area contributed by atoms with E-state index in [0.29, 0.717) is 0 Å². The summed E-state index contributed by atoms with van der Waals surface area (Å²) in [5.74, 6) is -1.23. The van der Waals surface area contributed by atoms with Gasteiger partial charge in [-0.2, -0.15) is 0 Å². The first-order valence-electron chi connectivity index (χ1n) is 6.12. The van der Waals surface area contributed by atoms with Gasteiger partial charge in [0, 0.05) is 6.42 Å². The third-order valence-electron chi connectivity index (χ3n) is 2.41. The molecular weight excluding hydrogens is 278 g/mol.